The standard InChI is InChI=1S/C14H15FN4O/c1-8-10-6-9(15)4-5-12(10)20-14(8)13(16-2)11-7-17-18-19(11)3/h4-7,13,16H,1-3H3. The fourth-order valence-electron chi connectivity index (χ4n) is 2.46. The minimum absolute atomic E-state index is 0.175. The molecule has 1 aromatic carbocycles. The summed E-state index contributed by atoms with van der Waals surface area (Å²) >= 11 is 0. The third-order valence-corrected chi connectivity index (χ3v) is 3.53. The molecule has 0 aliphatic rings. The maximum atomic E-state index is 13.4. The monoisotopic (exact) mass is 274 g/mol. The number of hydrogen-bond donors (Lipinski definition) is 1. The minimum Gasteiger partial charge on any atom is -0.459 e. The molecule has 0 radical (unpaired) electrons. The van der Waals surface area contributed by atoms with Crippen molar-refractivity contribution in [1.82, 2.24) is 20.3 Å². The maximum Gasteiger partial charge on any atom is 0.134 e. The molecule has 0 saturated heterocycles. The number of nitrogens with one attached hydrogen (secondary N) is 1. The molecular weight excluding hydrogens is 259 g/mol. The Morgan fingerprint density at radius 2 is 2.20 bits per heavy atom. The van der Waals surface area contributed by atoms with Gasteiger partial charge in [-0.1, -0.05) is 5.21 Å². The number of furan rings is 1. The molecule has 1 N–H and O–H groups in total. The number of aryl methyl sites for hydroxylation is 2. The molecule has 0 aliphatic carbocycles. The van der Waals surface area contributed by atoms with E-state index in [1.165, 1.54) is 12.1 Å². The highest BCUT2D eigenvalue weighted by Crippen LogP contribution is 2.32. The van der Waals surface area contributed by atoms with Crippen LogP contribution in [-0.2, 0) is 7.05 Å². The van der Waals surface area contributed by atoms with E-state index in [0.717, 1.165) is 22.4 Å². The van der Waals surface area contributed by atoms with Crippen molar-refractivity contribution in [3.63, 3.8) is 0 Å². The van der Waals surface area contributed by atoms with Crippen molar-refractivity contribution in [2.24, 2.45) is 7.05 Å². The summed E-state index contributed by atoms with van der Waals surface area (Å²) in [5.41, 5.74) is 2.48. The lowest BCUT2D eigenvalue weighted by atomic mass is 10.1. The average molecular weight is 274 g/mol. The predicted molar refractivity (Wildman–Crippen MR) is 72.8 cm³/mol. The van der Waals surface area contributed by atoms with Crippen LogP contribution >= 0.6 is 0 Å². The Hall–Kier alpha value is -2.21. The number of rotatable bonds is 3. The molecule has 104 valence electrons. The lowest BCUT2D eigenvalue weighted by Crippen LogP contribution is -2.20. The topological polar surface area (TPSA) is 55.9 Å². The SMILES string of the molecule is CNC(c1oc2ccc(F)cc2c1C)c1cnnn1C. The molecule has 0 fully saturated rings. The Balaban J connectivity index is 2.18. The van der Waals surface area contributed by atoms with Crippen LogP contribution in [0.5, 0.6) is 0 Å². The first kappa shape index (κ1) is 12.8. The molecule has 5 nitrogen and oxygen atoms in total. The molecule has 0 aliphatic heterocycles. The van der Waals surface area contributed by atoms with E-state index in [1.54, 1.807) is 16.9 Å². The Morgan fingerprint density at radius 1 is 1.40 bits per heavy atom. The fraction of sp³-hybridized carbons (Fsp3) is 0.286. The van der Waals surface area contributed by atoms with Gasteiger partial charge in [0.1, 0.15) is 23.2 Å². The van der Waals surface area contributed by atoms with Gasteiger partial charge in [0, 0.05) is 18.0 Å². The highest BCUT2D eigenvalue weighted by Gasteiger charge is 2.23. The Bertz CT molecular complexity index is 762. The number of aromatic nitrogens is 3. The molecule has 20 heavy (non-hydrogen) atoms. The van der Waals surface area contributed by atoms with E-state index >= 15 is 0 Å². The van der Waals surface area contributed by atoms with Gasteiger partial charge in [0.2, 0.25) is 0 Å². The molecule has 3 rings (SSSR count). The van der Waals surface area contributed by atoms with Crippen LogP contribution in [0.2, 0.25) is 0 Å². The summed E-state index contributed by atoms with van der Waals surface area (Å²) in [5.74, 6) is 0.481. The third-order valence-electron chi connectivity index (χ3n) is 3.53. The van der Waals surface area contributed by atoms with Crippen LogP contribution in [0, 0.1) is 12.7 Å². The van der Waals surface area contributed by atoms with Crippen LogP contribution < -0.4 is 5.32 Å². The molecule has 6 heteroatoms. The molecule has 3 aromatic rings. The van der Waals surface area contributed by atoms with Crippen molar-refractivity contribution in [3.05, 3.63) is 47.2 Å². The molecular formula is C14H15FN4O. The van der Waals surface area contributed by atoms with Crippen LogP contribution in [-0.4, -0.2) is 22.0 Å². The molecule has 0 saturated carbocycles. The minimum atomic E-state index is -0.267. The van der Waals surface area contributed by atoms with Gasteiger partial charge in [0.15, 0.2) is 0 Å². The summed E-state index contributed by atoms with van der Waals surface area (Å²) in [5, 5.41) is 11.8. The van der Waals surface area contributed by atoms with Gasteiger partial charge < -0.3 is 9.73 Å². The number of hydrogen-bond acceptors (Lipinski definition) is 4. The highest BCUT2D eigenvalue weighted by molar-refractivity contribution is 5.82. The average Bonchev–Trinajstić information content (AvgIpc) is 2.98. The summed E-state index contributed by atoms with van der Waals surface area (Å²) in [4.78, 5) is 0. The zero-order valence-corrected chi connectivity index (χ0v) is 11.5. The molecule has 2 heterocycles. The van der Waals surface area contributed by atoms with E-state index < -0.39 is 0 Å². The Labute approximate surface area is 115 Å². The quantitative estimate of drug-likeness (QED) is 0.796. The van der Waals surface area contributed by atoms with Crippen molar-refractivity contribution in [1.29, 1.82) is 0 Å². The van der Waals surface area contributed by atoms with Gasteiger partial charge in [-0.25, -0.2) is 4.39 Å². The maximum absolute atomic E-state index is 13.4. The number of halogens is 1. The van der Waals surface area contributed by atoms with Gasteiger partial charge in [-0.3, -0.25) is 4.68 Å². The number of benzene rings is 1. The summed E-state index contributed by atoms with van der Waals surface area (Å²) < 4.78 is 20.9. The normalized spacial score (nSPS) is 13.0. The first-order valence-electron chi connectivity index (χ1n) is 6.32. The summed E-state index contributed by atoms with van der Waals surface area (Å²) in [6.45, 7) is 1.93. The first-order chi connectivity index (χ1) is 9.61. The third kappa shape index (κ3) is 1.89. The van der Waals surface area contributed by atoms with Crippen molar-refractivity contribution in [3.8, 4) is 0 Å². The van der Waals surface area contributed by atoms with Gasteiger partial charge in [-0.2, -0.15) is 0 Å². The Morgan fingerprint density at radius 3 is 2.85 bits per heavy atom. The van der Waals surface area contributed by atoms with E-state index in [-0.39, 0.29) is 11.9 Å². The van der Waals surface area contributed by atoms with Crippen LogP contribution in [0.25, 0.3) is 11.0 Å². The highest BCUT2D eigenvalue weighted by atomic mass is 19.1. The molecule has 1 atom stereocenters. The van der Waals surface area contributed by atoms with E-state index in [0.29, 0.717) is 5.58 Å². The van der Waals surface area contributed by atoms with E-state index in [1.807, 2.05) is 21.0 Å². The first-order valence-corrected chi connectivity index (χ1v) is 6.32. The van der Waals surface area contributed by atoms with Gasteiger partial charge in [0.25, 0.3) is 0 Å². The second-order valence-corrected chi connectivity index (χ2v) is 4.74. The number of nitrogens with zero attached hydrogens (tertiary/aromatic N) is 3. The second kappa shape index (κ2) is 4.72. The summed E-state index contributed by atoms with van der Waals surface area (Å²) in [7, 11) is 3.66. The van der Waals surface area contributed by atoms with Gasteiger partial charge in [-0.15, -0.1) is 5.10 Å². The Kier molecular flexibility index (Phi) is 3.02. The van der Waals surface area contributed by atoms with Gasteiger partial charge >= 0.3 is 0 Å². The zero-order chi connectivity index (χ0) is 14.3. The molecule has 2 aromatic heterocycles. The zero-order valence-electron chi connectivity index (χ0n) is 11.5. The molecule has 0 amide bonds. The van der Waals surface area contributed by atoms with Gasteiger partial charge in [-0.05, 0) is 32.2 Å². The van der Waals surface area contributed by atoms with Gasteiger partial charge in [0.05, 0.1) is 11.9 Å². The summed E-state index contributed by atoms with van der Waals surface area (Å²) in [6.07, 6.45) is 1.69. The lowest BCUT2D eigenvalue weighted by molar-refractivity contribution is 0.469. The smallest absolute Gasteiger partial charge is 0.134 e. The van der Waals surface area contributed by atoms with E-state index in [2.05, 4.69) is 15.6 Å². The predicted octanol–water partition coefficient (Wildman–Crippen LogP) is 2.32. The van der Waals surface area contributed by atoms with E-state index in [4.69, 9.17) is 4.42 Å². The van der Waals surface area contributed by atoms with Crippen LogP contribution in [0.15, 0.2) is 28.8 Å². The van der Waals surface area contributed by atoms with Crippen molar-refractivity contribution in [2.45, 2.75) is 13.0 Å². The molecule has 1 unspecified atom stereocenters. The van der Waals surface area contributed by atoms with E-state index in [9.17, 15) is 4.39 Å². The largest absolute Gasteiger partial charge is 0.459 e. The number of fused-ring (bicyclic) bond motifs is 1. The van der Waals surface area contributed by atoms with Crippen molar-refractivity contribution >= 4 is 11.0 Å². The fourth-order valence-corrected chi connectivity index (χ4v) is 2.46. The second-order valence-electron chi connectivity index (χ2n) is 4.74. The van der Waals surface area contributed by atoms with Crippen LogP contribution in [0.4, 0.5) is 4.39 Å². The van der Waals surface area contributed by atoms with Crippen molar-refractivity contribution < 1.29 is 8.81 Å². The molecule has 0 bridgehead atoms. The van der Waals surface area contributed by atoms with Crippen LogP contribution in [0.3, 0.4) is 0 Å². The summed E-state index contributed by atoms with van der Waals surface area (Å²) in [6, 6.07) is 4.36. The van der Waals surface area contributed by atoms with Crippen molar-refractivity contribution in [2.75, 3.05) is 7.05 Å². The van der Waals surface area contributed by atoms with Crippen LogP contribution in [0.1, 0.15) is 23.1 Å². The lowest BCUT2D eigenvalue weighted by Gasteiger charge is -2.14. The molecule has 0 spiro atoms.